The molecule has 1 amide bonds. The summed E-state index contributed by atoms with van der Waals surface area (Å²) in [7, 11) is 1.61. The lowest BCUT2D eigenvalue weighted by Gasteiger charge is -2.19. The molecule has 0 aromatic heterocycles. The van der Waals surface area contributed by atoms with E-state index in [0.29, 0.717) is 18.0 Å². The van der Waals surface area contributed by atoms with Gasteiger partial charge in [0.15, 0.2) is 0 Å². The highest BCUT2D eigenvalue weighted by Gasteiger charge is 2.23. The Hall–Kier alpha value is -1.55. The molecule has 0 saturated heterocycles. The highest BCUT2D eigenvalue weighted by Crippen LogP contribution is 2.10. The number of rotatable bonds is 5. The standard InChI is InChI=1S/C13H16ClNO3/c1-9(13(17)18)12(16)15(2)8-7-10-3-5-11(14)6-4-10/h3-6,9H,7-8H2,1-2H3,(H,17,18). The Bertz CT molecular complexity index is 430. The van der Waals surface area contributed by atoms with E-state index in [2.05, 4.69) is 0 Å². The fraction of sp³-hybridized carbons (Fsp3) is 0.385. The molecule has 0 aliphatic carbocycles. The van der Waals surface area contributed by atoms with E-state index < -0.39 is 11.9 Å². The first kappa shape index (κ1) is 14.5. The molecule has 1 N–H and O–H groups in total. The first-order valence-electron chi connectivity index (χ1n) is 5.64. The van der Waals surface area contributed by atoms with Gasteiger partial charge in [0.2, 0.25) is 5.91 Å². The lowest BCUT2D eigenvalue weighted by atomic mass is 10.1. The molecule has 1 aromatic rings. The van der Waals surface area contributed by atoms with Crippen LogP contribution in [0.1, 0.15) is 12.5 Å². The predicted octanol–water partition coefficient (Wildman–Crippen LogP) is 2.06. The summed E-state index contributed by atoms with van der Waals surface area (Å²) in [6.07, 6.45) is 0.672. The predicted molar refractivity (Wildman–Crippen MR) is 69.6 cm³/mol. The van der Waals surface area contributed by atoms with E-state index in [1.165, 1.54) is 11.8 Å². The maximum absolute atomic E-state index is 11.7. The fourth-order valence-electron chi connectivity index (χ4n) is 1.49. The maximum Gasteiger partial charge on any atom is 0.315 e. The number of aliphatic carboxylic acids is 1. The van der Waals surface area contributed by atoms with Gasteiger partial charge in [-0.15, -0.1) is 0 Å². The number of carbonyl (C=O) groups is 2. The van der Waals surface area contributed by atoms with E-state index in [1.807, 2.05) is 12.1 Å². The highest BCUT2D eigenvalue weighted by atomic mass is 35.5. The van der Waals surface area contributed by atoms with Crippen molar-refractivity contribution in [1.29, 1.82) is 0 Å². The molecule has 1 rings (SSSR count). The number of carboxylic acid groups (broad SMARTS) is 1. The van der Waals surface area contributed by atoms with Crippen molar-refractivity contribution in [2.45, 2.75) is 13.3 Å². The summed E-state index contributed by atoms with van der Waals surface area (Å²) in [4.78, 5) is 23.8. The molecule has 1 atom stereocenters. The van der Waals surface area contributed by atoms with Crippen molar-refractivity contribution in [3.05, 3.63) is 34.9 Å². The summed E-state index contributed by atoms with van der Waals surface area (Å²) in [6, 6.07) is 7.36. The lowest BCUT2D eigenvalue weighted by molar-refractivity contribution is -0.149. The van der Waals surface area contributed by atoms with Crippen LogP contribution in [0, 0.1) is 5.92 Å². The highest BCUT2D eigenvalue weighted by molar-refractivity contribution is 6.30. The molecule has 0 bridgehead atoms. The molecular formula is C13H16ClNO3. The van der Waals surface area contributed by atoms with Crippen LogP contribution in [0.5, 0.6) is 0 Å². The quantitative estimate of drug-likeness (QED) is 0.833. The third-order valence-electron chi connectivity index (χ3n) is 2.77. The van der Waals surface area contributed by atoms with Gasteiger partial charge in [0.1, 0.15) is 5.92 Å². The minimum absolute atomic E-state index is 0.378. The van der Waals surface area contributed by atoms with Gasteiger partial charge < -0.3 is 10.0 Å². The normalized spacial score (nSPS) is 11.9. The minimum atomic E-state index is -1.10. The molecule has 0 aliphatic rings. The zero-order valence-electron chi connectivity index (χ0n) is 10.4. The maximum atomic E-state index is 11.7. The van der Waals surface area contributed by atoms with Crippen molar-refractivity contribution in [2.24, 2.45) is 5.92 Å². The van der Waals surface area contributed by atoms with Crippen LogP contribution in [0.15, 0.2) is 24.3 Å². The van der Waals surface area contributed by atoms with Crippen LogP contribution in [0.2, 0.25) is 5.02 Å². The zero-order valence-corrected chi connectivity index (χ0v) is 11.1. The third kappa shape index (κ3) is 4.04. The van der Waals surface area contributed by atoms with Gasteiger partial charge in [-0.25, -0.2) is 0 Å². The fourth-order valence-corrected chi connectivity index (χ4v) is 1.62. The average Bonchev–Trinajstić information content (AvgIpc) is 2.35. The second-order valence-corrected chi connectivity index (χ2v) is 4.63. The molecule has 98 valence electrons. The molecule has 0 aliphatic heterocycles. The lowest BCUT2D eigenvalue weighted by Crippen LogP contribution is -2.36. The Balaban J connectivity index is 2.50. The van der Waals surface area contributed by atoms with Crippen molar-refractivity contribution < 1.29 is 14.7 Å². The topological polar surface area (TPSA) is 57.6 Å². The van der Waals surface area contributed by atoms with Crippen molar-refractivity contribution in [3.8, 4) is 0 Å². The second-order valence-electron chi connectivity index (χ2n) is 4.20. The molecule has 1 aromatic carbocycles. The van der Waals surface area contributed by atoms with Gasteiger partial charge in [0, 0.05) is 18.6 Å². The Labute approximate surface area is 111 Å². The van der Waals surface area contributed by atoms with Crippen molar-refractivity contribution >= 4 is 23.5 Å². The number of amides is 1. The first-order chi connectivity index (χ1) is 8.41. The molecule has 0 heterocycles. The summed E-state index contributed by atoms with van der Waals surface area (Å²) >= 11 is 5.77. The van der Waals surface area contributed by atoms with E-state index in [4.69, 9.17) is 16.7 Å². The zero-order chi connectivity index (χ0) is 13.7. The molecular weight excluding hydrogens is 254 g/mol. The number of carboxylic acids is 1. The van der Waals surface area contributed by atoms with Crippen LogP contribution in [-0.2, 0) is 16.0 Å². The summed E-state index contributed by atoms with van der Waals surface area (Å²) in [6.45, 7) is 1.88. The van der Waals surface area contributed by atoms with Gasteiger partial charge in [-0.1, -0.05) is 23.7 Å². The molecule has 0 saturated carbocycles. The number of likely N-dealkylation sites (N-methyl/N-ethyl adjacent to an activating group) is 1. The Morgan fingerprint density at radius 3 is 2.39 bits per heavy atom. The van der Waals surface area contributed by atoms with Crippen molar-refractivity contribution in [1.82, 2.24) is 4.90 Å². The number of carbonyl (C=O) groups excluding carboxylic acids is 1. The monoisotopic (exact) mass is 269 g/mol. The van der Waals surface area contributed by atoms with Crippen LogP contribution in [0.25, 0.3) is 0 Å². The van der Waals surface area contributed by atoms with Gasteiger partial charge in [-0.2, -0.15) is 0 Å². The number of benzene rings is 1. The van der Waals surface area contributed by atoms with E-state index >= 15 is 0 Å². The minimum Gasteiger partial charge on any atom is -0.481 e. The molecule has 4 nitrogen and oxygen atoms in total. The number of nitrogens with zero attached hydrogens (tertiary/aromatic N) is 1. The largest absolute Gasteiger partial charge is 0.481 e. The van der Waals surface area contributed by atoms with Gasteiger partial charge in [-0.05, 0) is 31.0 Å². The molecule has 0 radical (unpaired) electrons. The van der Waals surface area contributed by atoms with Crippen LogP contribution >= 0.6 is 11.6 Å². The van der Waals surface area contributed by atoms with Crippen molar-refractivity contribution in [2.75, 3.05) is 13.6 Å². The van der Waals surface area contributed by atoms with Crippen LogP contribution in [0.3, 0.4) is 0 Å². The molecule has 18 heavy (non-hydrogen) atoms. The van der Waals surface area contributed by atoms with Gasteiger partial charge in [0.25, 0.3) is 0 Å². The van der Waals surface area contributed by atoms with Crippen molar-refractivity contribution in [3.63, 3.8) is 0 Å². The summed E-state index contributed by atoms with van der Waals surface area (Å²) in [5.74, 6) is -2.48. The molecule has 0 fully saturated rings. The summed E-state index contributed by atoms with van der Waals surface area (Å²) in [5, 5.41) is 9.42. The average molecular weight is 270 g/mol. The van der Waals surface area contributed by atoms with E-state index in [-0.39, 0.29) is 5.91 Å². The van der Waals surface area contributed by atoms with E-state index in [1.54, 1.807) is 19.2 Å². The Kier molecular flexibility index (Phi) is 5.16. The van der Waals surface area contributed by atoms with Crippen LogP contribution in [0.4, 0.5) is 0 Å². The SMILES string of the molecule is CC(C(=O)O)C(=O)N(C)CCc1ccc(Cl)cc1. The third-order valence-corrected chi connectivity index (χ3v) is 3.02. The van der Waals surface area contributed by atoms with Crippen LogP contribution in [-0.4, -0.2) is 35.5 Å². The van der Waals surface area contributed by atoms with E-state index in [9.17, 15) is 9.59 Å². The number of halogens is 1. The van der Waals surface area contributed by atoms with Crippen LogP contribution < -0.4 is 0 Å². The number of hydrogen-bond donors (Lipinski definition) is 1. The van der Waals surface area contributed by atoms with Gasteiger partial charge >= 0.3 is 5.97 Å². The second kappa shape index (κ2) is 6.40. The molecule has 1 unspecified atom stereocenters. The van der Waals surface area contributed by atoms with Gasteiger partial charge in [-0.3, -0.25) is 9.59 Å². The summed E-state index contributed by atoms with van der Waals surface area (Å²) < 4.78 is 0. The Morgan fingerprint density at radius 2 is 1.89 bits per heavy atom. The molecule has 5 heteroatoms. The first-order valence-corrected chi connectivity index (χ1v) is 6.02. The smallest absolute Gasteiger partial charge is 0.315 e. The van der Waals surface area contributed by atoms with Gasteiger partial charge in [0.05, 0.1) is 0 Å². The number of hydrogen-bond acceptors (Lipinski definition) is 2. The summed E-state index contributed by atoms with van der Waals surface area (Å²) in [5.41, 5.74) is 1.06. The van der Waals surface area contributed by atoms with E-state index in [0.717, 1.165) is 5.56 Å². The molecule has 0 spiro atoms. The Morgan fingerprint density at radius 1 is 1.33 bits per heavy atom.